The van der Waals surface area contributed by atoms with Gasteiger partial charge in [-0.2, -0.15) is 0 Å². The molecule has 0 bridgehead atoms. The maximum Gasteiger partial charge on any atom is 0.273 e. The summed E-state index contributed by atoms with van der Waals surface area (Å²) in [5.74, 6) is -0.173. The smallest absolute Gasteiger partial charge is 0.273 e. The van der Waals surface area contributed by atoms with E-state index in [-0.39, 0.29) is 36.1 Å². The van der Waals surface area contributed by atoms with Crippen molar-refractivity contribution < 1.29 is 4.79 Å². The Hall–Kier alpha value is -1.22. The first-order chi connectivity index (χ1) is 11.9. The quantitative estimate of drug-likeness (QED) is 0.755. The molecule has 7 nitrogen and oxygen atoms in total. The highest BCUT2D eigenvalue weighted by molar-refractivity contribution is 7.09. The van der Waals surface area contributed by atoms with Gasteiger partial charge in [-0.1, -0.05) is 26.0 Å². The number of nitrogens with zero attached hydrogens (tertiary/aromatic N) is 4. The molecule has 0 saturated carbocycles. The minimum atomic E-state index is -0.173. The Morgan fingerprint density at radius 1 is 1.33 bits per heavy atom. The molecule has 3 rings (SSSR count). The van der Waals surface area contributed by atoms with E-state index in [0.717, 1.165) is 43.1 Å². The molecule has 2 aromatic heterocycles. The summed E-state index contributed by atoms with van der Waals surface area (Å²) in [4.78, 5) is 16.9. The second-order valence-corrected chi connectivity index (χ2v) is 8.39. The number of carbonyl (C=O) groups is 1. The molecule has 10 heteroatoms. The number of halogens is 2. The normalized spacial score (nSPS) is 14.9. The van der Waals surface area contributed by atoms with E-state index in [1.54, 1.807) is 17.5 Å². The number of aromatic nitrogens is 4. The molecule has 0 radical (unpaired) electrons. The summed E-state index contributed by atoms with van der Waals surface area (Å²) in [7, 11) is 0. The molecule has 0 aliphatic carbocycles. The van der Waals surface area contributed by atoms with Crippen LogP contribution < -0.4 is 10.6 Å². The number of rotatable bonds is 5. The third kappa shape index (κ3) is 6.41. The standard InChI is InChI=1S/C17H26N6OS.2ClH/c1-17(2,3)14-11-25-15(20-14)6-9-19-16(24)13-10-23(22-21-13)12-4-7-18-8-5-12;;/h10-12,18H,4-9H2,1-3H3,(H,19,24);2*1H. The number of piperidine rings is 1. The summed E-state index contributed by atoms with van der Waals surface area (Å²) in [5, 5.41) is 17.5. The molecule has 152 valence electrons. The maximum absolute atomic E-state index is 12.2. The molecule has 0 aromatic carbocycles. The number of thiazole rings is 1. The van der Waals surface area contributed by atoms with Crippen LogP contribution in [0.3, 0.4) is 0 Å². The molecule has 0 atom stereocenters. The van der Waals surface area contributed by atoms with Gasteiger partial charge in [0.25, 0.3) is 5.91 Å². The van der Waals surface area contributed by atoms with Crippen LogP contribution in [0.1, 0.15) is 60.8 Å². The molecule has 27 heavy (non-hydrogen) atoms. The molecule has 1 aliphatic rings. The molecule has 1 amide bonds. The third-order valence-corrected chi connectivity index (χ3v) is 5.28. The summed E-state index contributed by atoms with van der Waals surface area (Å²) in [5.41, 5.74) is 1.54. The van der Waals surface area contributed by atoms with Crippen molar-refractivity contribution in [2.45, 2.75) is 51.5 Å². The first-order valence-corrected chi connectivity index (χ1v) is 9.67. The van der Waals surface area contributed by atoms with Crippen molar-refractivity contribution in [3.8, 4) is 0 Å². The Balaban J connectivity index is 0.00000182. The Labute approximate surface area is 176 Å². The van der Waals surface area contributed by atoms with Crippen molar-refractivity contribution in [2.75, 3.05) is 19.6 Å². The van der Waals surface area contributed by atoms with E-state index in [9.17, 15) is 4.79 Å². The van der Waals surface area contributed by atoms with Gasteiger partial charge in [0.1, 0.15) is 0 Å². The van der Waals surface area contributed by atoms with Gasteiger partial charge in [-0.25, -0.2) is 9.67 Å². The fraction of sp³-hybridized carbons (Fsp3) is 0.647. The van der Waals surface area contributed by atoms with Crippen molar-refractivity contribution >= 4 is 42.1 Å². The van der Waals surface area contributed by atoms with Gasteiger partial charge in [-0.05, 0) is 25.9 Å². The average molecular weight is 435 g/mol. The number of carbonyl (C=O) groups excluding carboxylic acids is 1. The fourth-order valence-corrected chi connectivity index (χ4v) is 3.80. The van der Waals surface area contributed by atoms with E-state index in [0.29, 0.717) is 18.3 Å². The molecular formula is C17H28Cl2N6OS. The molecule has 0 spiro atoms. The van der Waals surface area contributed by atoms with E-state index < -0.39 is 0 Å². The second kappa shape index (κ2) is 10.4. The van der Waals surface area contributed by atoms with Crippen LogP contribution in [0.15, 0.2) is 11.6 Å². The van der Waals surface area contributed by atoms with Crippen LogP contribution in [0.4, 0.5) is 0 Å². The van der Waals surface area contributed by atoms with E-state index in [1.165, 1.54) is 0 Å². The Morgan fingerprint density at radius 2 is 2.04 bits per heavy atom. The summed E-state index contributed by atoms with van der Waals surface area (Å²) < 4.78 is 1.83. The molecule has 2 aromatic rings. The summed E-state index contributed by atoms with van der Waals surface area (Å²) in [6, 6.07) is 0.335. The summed E-state index contributed by atoms with van der Waals surface area (Å²) >= 11 is 1.65. The van der Waals surface area contributed by atoms with Gasteiger partial charge in [-0.3, -0.25) is 4.79 Å². The highest BCUT2D eigenvalue weighted by Crippen LogP contribution is 2.24. The SMILES string of the molecule is CC(C)(C)c1csc(CCNC(=O)c2cn(C3CCNCC3)nn2)n1.Cl.Cl. The van der Waals surface area contributed by atoms with Crippen LogP contribution in [-0.2, 0) is 11.8 Å². The van der Waals surface area contributed by atoms with Crippen molar-refractivity contribution in [2.24, 2.45) is 0 Å². The van der Waals surface area contributed by atoms with E-state index in [4.69, 9.17) is 0 Å². The number of nitrogens with one attached hydrogen (secondary N) is 2. The van der Waals surface area contributed by atoms with Gasteiger partial charge < -0.3 is 10.6 Å². The molecule has 3 heterocycles. The van der Waals surface area contributed by atoms with Crippen molar-refractivity contribution in [3.05, 3.63) is 28.0 Å². The lowest BCUT2D eigenvalue weighted by molar-refractivity contribution is 0.0949. The fourth-order valence-electron chi connectivity index (χ4n) is 2.77. The Bertz CT molecular complexity index is 721. The van der Waals surface area contributed by atoms with Crippen LogP contribution >= 0.6 is 36.2 Å². The van der Waals surface area contributed by atoms with E-state index >= 15 is 0 Å². The predicted octanol–water partition coefficient (Wildman–Crippen LogP) is 2.77. The number of hydrogen-bond donors (Lipinski definition) is 2. The Morgan fingerprint density at radius 3 is 2.67 bits per heavy atom. The molecule has 1 saturated heterocycles. The molecule has 2 N–H and O–H groups in total. The van der Waals surface area contributed by atoms with E-state index in [1.807, 2.05) is 4.68 Å². The van der Waals surface area contributed by atoms with Crippen molar-refractivity contribution in [1.29, 1.82) is 0 Å². The van der Waals surface area contributed by atoms with Gasteiger partial charge >= 0.3 is 0 Å². The molecule has 0 unspecified atom stereocenters. The highest BCUT2D eigenvalue weighted by atomic mass is 35.5. The lowest BCUT2D eigenvalue weighted by Gasteiger charge is -2.22. The zero-order chi connectivity index (χ0) is 17.9. The second-order valence-electron chi connectivity index (χ2n) is 7.45. The number of hydrogen-bond acceptors (Lipinski definition) is 6. The first kappa shape index (κ1) is 23.8. The summed E-state index contributed by atoms with van der Waals surface area (Å²) in [6.07, 6.45) is 4.52. The third-order valence-electron chi connectivity index (χ3n) is 4.37. The van der Waals surface area contributed by atoms with Crippen LogP contribution in [0, 0.1) is 0 Å². The zero-order valence-electron chi connectivity index (χ0n) is 15.9. The molecule has 1 aliphatic heterocycles. The largest absolute Gasteiger partial charge is 0.350 e. The zero-order valence-corrected chi connectivity index (χ0v) is 18.3. The van der Waals surface area contributed by atoms with Crippen molar-refractivity contribution in [3.63, 3.8) is 0 Å². The van der Waals surface area contributed by atoms with Crippen molar-refractivity contribution in [1.82, 2.24) is 30.6 Å². The monoisotopic (exact) mass is 434 g/mol. The summed E-state index contributed by atoms with van der Waals surface area (Å²) in [6.45, 7) is 8.97. The molecule has 1 fully saturated rings. The van der Waals surface area contributed by atoms with E-state index in [2.05, 4.69) is 52.1 Å². The topological polar surface area (TPSA) is 84.7 Å². The maximum atomic E-state index is 12.2. The van der Waals surface area contributed by atoms with Crippen LogP contribution in [0.5, 0.6) is 0 Å². The number of amides is 1. The van der Waals surface area contributed by atoms with Gasteiger partial charge in [0.05, 0.1) is 22.9 Å². The minimum absolute atomic E-state index is 0. The van der Waals surface area contributed by atoms with Gasteiger partial charge in [0, 0.05) is 23.8 Å². The first-order valence-electron chi connectivity index (χ1n) is 8.79. The lowest BCUT2D eigenvalue weighted by Crippen LogP contribution is -2.29. The minimum Gasteiger partial charge on any atom is -0.350 e. The van der Waals surface area contributed by atoms with Crippen LogP contribution in [-0.4, -0.2) is 45.5 Å². The highest BCUT2D eigenvalue weighted by Gasteiger charge is 2.19. The molecular weight excluding hydrogens is 407 g/mol. The van der Waals surface area contributed by atoms with Gasteiger partial charge in [0.15, 0.2) is 5.69 Å². The van der Waals surface area contributed by atoms with Gasteiger partial charge in [-0.15, -0.1) is 41.2 Å². The van der Waals surface area contributed by atoms with Crippen LogP contribution in [0.25, 0.3) is 0 Å². The average Bonchev–Trinajstić information content (AvgIpc) is 3.25. The Kier molecular flexibility index (Phi) is 9.14. The van der Waals surface area contributed by atoms with Crippen LogP contribution in [0.2, 0.25) is 0 Å². The predicted molar refractivity (Wildman–Crippen MR) is 113 cm³/mol. The van der Waals surface area contributed by atoms with Gasteiger partial charge in [0.2, 0.25) is 0 Å². The lowest BCUT2D eigenvalue weighted by atomic mass is 9.93.